The first-order valence-corrected chi connectivity index (χ1v) is 13.1. The summed E-state index contributed by atoms with van der Waals surface area (Å²) < 4.78 is 38.5. The molecule has 0 aliphatic carbocycles. The van der Waals surface area contributed by atoms with Crippen molar-refractivity contribution in [2.75, 3.05) is 23.8 Å². The second-order valence-corrected chi connectivity index (χ2v) is 9.55. The van der Waals surface area contributed by atoms with Crippen LogP contribution in [0.4, 0.5) is 11.9 Å². The van der Waals surface area contributed by atoms with Crippen molar-refractivity contribution >= 4 is 21.9 Å². The fourth-order valence-electron chi connectivity index (χ4n) is 3.44. The van der Waals surface area contributed by atoms with Gasteiger partial charge in [-0.25, -0.2) is 0 Å². The van der Waals surface area contributed by atoms with Gasteiger partial charge in [0, 0.05) is 13.1 Å². The zero-order chi connectivity index (χ0) is 25.4. The van der Waals surface area contributed by atoms with Crippen LogP contribution in [0.2, 0.25) is 0 Å². The first kappa shape index (κ1) is 25.1. The number of hydrogen-bond donors (Lipinski definition) is 2. The molecule has 188 valence electrons. The summed E-state index contributed by atoms with van der Waals surface area (Å²) in [6.45, 7) is 5.82. The van der Waals surface area contributed by atoms with Gasteiger partial charge in [0.1, 0.15) is 11.5 Å². The molecule has 4 rings (SSSR count). The number of anilines is 2. The van der Waals surface area contributed by atoms with Gasteiger partial charge in [-0.05, 0) is 61.4 Å². The van der Waals surface area contributed by atoms with Gasteiger partial charge in [0.05, 0.1) is 18.1 Å². The zero-order valence-electron chi connectivity index (χ0n) is 20.2. The minimum atomic E-state index is -3.96. The van der Waals surface area contributed by atoms with Crippen LogP contribution in [0.5, 0.6) is 11.5 Å². The molecule has 0 unspecified atom stereocenters. The minimum absolute atomic E-state index is 0.113. The summed E-state index contributed by atoms with van der Waals surface area (Å²) in [6.07, 6.45) is 0. The predicted octanol–water partition coefficient (Wildman–Crippen LogP) is 4.54. The number of nitrogens with one attached hydrogen (secondary N) is 2. The van der Waals surface area contributed by atoms with Crippen molar-refractivity contribution in [3.8, 4) is 11.5 Å². The van der Waals surface area contributed by atoms with Crippen molar-refractivity contribution < 1.29 is 17.9 Å². The fraction of sp³-hybridized carbons (Fsp3) is 0.231. The summed E-state index contributed by atoms with van der Waals surface area (Å²) in [6, 6.07) is 23.4. The van der Waals surface area contributed by atoms with Gasteiger partial charge < -0.3 is 20.1 Å². The van der Waals surface area contributed by atoms with Crippen molar-refractivity contribution in [2.45, 2.75) is 31.8 Å². The van der Waals surface area contributed by atoms with E-state index in [1.807, 2.05) is 62.4 Å². The van der Waals surface area contributed by atoms with Crippen molar-refractivity contribution in [3.63, 3.8) is 0 Å². The van der Waals surface area contributed by atoms with E-state index in [4.69, 9.17) is 9.47 Å². The maximum atomic E-state index is 13.3. The number of nitrogens with zero attached hydrogens (tertiary/aromatic N) is 3. The first-order chi connectivity index (χ1) is 17.5. The molecule has 0 spiro atoms. The van der Waals surface area contributed by atoms with Crippen molar-refractivity contribution in [2.24, 2.45) is 0 Å². The smallest absolute Gasteiger partial charge is 0.286 e. The van der Waals surface area contributed by atoms with Crippen LogP contribution in [0.25, 0.3) is 0 Å². The molecule has 1 heterocycles. The molecule has 2 N–H and O–H groups in total. The summed E-state index contributed by atoms with van der Waals surface area (Å²) in [5.74, 6) is 1.87. The van der Waals surface area contributed by atoms with Crippen LogP contribution in [-0.4, -0.2) is 35.8 Å². The summed E-state index contributed by atoms with van der Waals surface area (Å²) >= 11 is 0. The lowest BCUT2D eigenvalue weighted by molar-refractivity contribution is 0.340. The van der Waals surface area contributed by atoms with Crippen molar-refractivity contribution in [1.29, 1.82) is 0 Å². The molecule has 0 amide bonds. The molecule has 9 nitrogen and oxygen atoms in total. The molecule has 0 fully saturated rings. The molecule has 4 aromatic rings. The molecule has 36 heavy (non-hydrogen) atoms. The summed E-state index contributed by atoms with van der Waals surface area (Å²) in [4.78, 5) is 4.55. The van der Waals surface area contributed by atoms with Gasteiger partial charge in [0.25, 0.3) is 10.0 Å². The molecule has 0 aliphatic rings. The molecule has 1 aromatic heterocycles. The zero-order valence-corrected chi connectivity index (χ0v) is 21.0. The standard InChI is InChI=1S/C26H29N5O4S/c1-3-34-22-14-10-20(11-15-22)18-27-25-29-26(28-19-21-12-16-23(17-13-21)35-4-2)31(30-25)36(32,33)24-8-6-5-7-9-24/h5-17H,3-4,18-19H2,1-2H3,(H2,27,28,29,30). The monoisotopic (exact) mass is 507 g/mol. The van der Waals surface area contributed by atoms with Crippen molar-refractivity contribution in [1.82, 2.24) is 14.2 Å². The molecular formula is C26H29N5O4S. The van der Waals surface area contributed by atoms with E-state index in [1.165, 1.54) is 12.1 Å². The van der Waals surface area contributed by atoms with Crippen LogP contribution in [0.3, 0.4) is 0 Å². The Morgan fingerprint density at radius 1 is 0.750 bits per heavy atom. The molecule has 0 aliphatic heterocycles. The SMILES string of the molecule is CCOc1ccc(CNc2nc(NCc3ccc(OCC)cc3)n(S(=O)(=O)c3ccccc3)n2)cc1. The largest absolute Gasteiger partial charge is 0.494 e. The summed E-state index contributed by atoms with van der Waals surface area (Å²) in [7, 11) is -3.96. The van der Waals surface area contributed by atoms with Crippen LogP contribution >= 0.6 is 0 Å². The minimum Gasteiger partial charge on any atom is -0.494 e. The normalized spacial score (nSPS) is 11.2. The van der Waals surface area contributed by atoms with Gasteiger partial charge in [-0.3, -0.25) is 0 Å². The van der Waals surface area contributed by atoms with E-state index in [0.717, 1.165) is 26.7 Å². The van der Waals surface area contributed by atoms with Gasteiger partial charge in [-0.15, -0.1) is 9.19 Å². The molecule has 0 bridgehead atoms. The van der Waals surface area contributed by atoms with Crippen LogP contribution < -0.4 is 20.1 Å². The number of rotatable bonds is 12. The third kappa shape index (κ3) is 6.14. The molecule has 0 radical (unpaired) electrons. The predicted molar refractivity (Wildman–Crippen MR) is 139 cm³/mol. The van der Waals surface area contributed by atoms with Gasteiger partial charge in [-0.1, -0.05) is 42.5 Å². The van der Waals surface area contributed by atoms with E-state index in [1.54, 1.807) is 18.2 Å². The third-order valence-electron chi connectivity index (χ3n) is 5.22. The number of aromatic nitrogens is 3. The quantitative estimate of drug-likeness (QED) is 0.288. The molecule has 10 heteroatoms. The van der Waals surface area contributed by atoms with Gasteiger partial charge in [0.15, 0.2) is 0 Å². The van der Waals surface area contributed by atoms with Gasteiger partial charge in [0.2, 0.25) is 11.9 Å². The van der Waals surface area contributed by atoms with Crippen molar-refractivity contribution in [3.05, 3.63) is 90.0 Å². The summed E-state index contributed by atoms with van der Waals surface area (Å²) in [5, 5.41) is 10.5. The molecule has 3 aromatic carbocycles. The average molecular weight is 508 g/mol. The highest BCUT2D eigenvalue weighted by Gasteiger charge is 2.24. The van der Waals surface area contributed by atoms with Crippen LogP contribution in [0.1, 0.15) is 25.0 Å². The molecule has 0 atom stereocenters. The highest BCUT2D eigenvalue weighted by Crippen LogP contribution is 2.21. The third-order valence-corrected chi connectivity index (χ3v) is 6.80. The Morgan fingerprint density at radius 2 is 1.28 bits per heavy atom. The average Bonchev–Trinajstić information content (AvgIpc) is 3.33. The van der Waals surface area contributed by atoms with E-state index >= 15 is 0 Å². The second kappa shape index (κ2) is 11.6. The van der Waals surface area contributed by atoms with E-state index in [9.17, 15) is 8.42 Å². The number of hydrogen-bond acceptors (Lipinski definition) is 8. The number of ether oxygens (including phenoxy) is 2. The van der Waals surface area contributed by atoms with Crippen LogP contribution in [-0.2, 0) is 23.1 Å². The lowest BCUT2D eigenvalue weighted by atomic mass is 10.2. The molecule has 0 saturated heterocycles. The van der Waals surface area contributed by atoms with E-state index in [-0.39, 0.29) is 16.8 Å². The van der Waals surface area contributed by atoms with E-state index in [0.29, 0.717) is 26.3 Å². The fourth-order valence-corrected chi connectivity index (χ4v) is 4.66. The Labute approximate surface area is 211 Å². The van der Waals surface area contributed by atoms with E-state index in [2.05, 4.69) is 20.7 Å². The lowest BCUT2D eigenvalue weighted by Gasteiger charge is -2.09. The second-order valence-electron chi connectivity index (χ2n) is 7.78. The highest BCUT2D eigenvalue weighted by atomic mass is 32.2. The Morgan fingerprint density at radius 3 is 1.81 bits per heavy atom. The van der Waals surface area contributed by atoms with E-state index < -0.39 is 10.0 Å². The Bertz CT molecular complexity index is 1360. The van der Waals surface area contributed by atoms with Crippen LogP contribution in [0.15, 0.2) is 83.8 Å². The Hall–Kier alpha value is -4.05. The summed E-state index contributed by atoms with van der Waals surface area (Å²) in [5.41, 5.74) is 1.92. The maximum Gasteiger partial charge on any atom is 0.286 e. The molecule has 0 saturated carbocycles. The highest BCUT2D eigenvalue weighted by molar-refractivity contribution is 7.90. The number of benzene rings is 3. The Balaban J connectivity index is 1.55. The first-order valence-electron chi connectivity index (χ1n) is 11.7. The van der Waals surface area contributed by atoms with Crippen LogP contribution in [0, 0.1) is 0 Å². The van der Waals surface area contributed by atoms with Gasteiger partial charge in [-0.2, -0.15) is 13.4 Å². The maximum absolute atomic E-state index is 13.3. The Kier molecular flexibility index (Phi) is 8.06. The lowest BCUT2D eigenvalue weighted by Crippen LogP contribution is -2.18. The molecular weight excluding hydrogens is 478 g/mol. The van der Waals surface area contributed by atoms with Gasteiger partial charge >= 0.3 is 0 Å². The topological polar surface area (TPSA) is 107 Å².